The number of nitrogens with zero attached hydrogens (tertiary/aromatic N) is 2. The number of hydrogen-bond acceptors (Lipinski definition) is 3. The molecule has 1 unspecified atom stereocenters. The number of rotatable bonds is 6. The van der Waals surface area contributed by atoms with E-state index in [-0.39, 0.29) is 10.8 Å². The van der Waals surface area contributed by atoms with Crippen LogP contribution in [0.2, 0.25) is 0 Å². The maximum atomic E-state index is 7.52. The molecule has 0 fully saturated rings. The van der Waals surface area contributed by atoms with Crippen molar-refractivity contribution < 1.29 is 4.42 Å². The molecule has 1 atom stereocenters. The van der Waals surface area contributed by atoms with Gasteiger partial charge in [-0.3, -0.25) is 0 Å². The zero-order chi connectivity index (χ0) is 53.8. The minimum atomic E-state index is -0.751. The van der Waals surface area contributed by atoms with Gasteiger partial charge in [0.1, 0.15) is 11.2 Å². The molecule has 0 bridgehead atoms. The van der Waals surface area contributed by atoms with Gasteiger partial charge in [0.25, 0.3) is 0 Å². The van der Waals surface area contributed by atoms with Crippen molar-refractivity contribution in [3.63, 3.8) is 0 Å². The molecule has 0 saturated heterocycles. The Kier molecular flexibility index (Phi) is 10.2. The molecule has 4 aliphatic carbocycles. The van der Waals surface area contributed by atoms with Crippen LogP contribution >= 0.6 is 0 Å². The summed E-state index contributed by atoms with van der Waals surface area (Å²) in [4.78, 5) is 5.08. The normalized spacial score (nSPS) is 15.9. The molecule has 12 aromatic rings. The minimum Gasteiger partial charge on any atom is -0.455 e. The highest BCUT2D eigenvalue weighted by Crippen LogP contribution is 2.67. The summed E-state index contributed by atoms with van der Waals surface area (Å²) < 4.78 is 7.52. The molecule has 0 N–H and O–H groups in total. The summed E-state index contributed by atoms with van der Waals surface area (Å²) in [6.45, 7) is 13.8. The first-order chi connectivity index (χ1) is 38.9. The lowest BCUT2D eigenvalue weighted by Crippen LogP contribution is -2.26. The van der Waals surface area contributed by atoms with Crippen molar-refractivity contribution in [2.45, 2.75) is 96.3 Å². The number of aryl methyl sites for hydroxylation is 4. The Balaban J connectivity index is 1.04. The average molecular weight is 1030 g/mol. The third kappa shape index (κ3) is 6.86. The zero-order valence-corrected chi connectivity index (χ0v) is 46.7. The lowest BCUT2D eigenvalue weighted by atomic mass is 9.70. The van der Waals surface area contributed by atoms with Gasteiger partial charge >= 0.3 is 0 Å². The first-order valence-corrected chi connectivity index (χ1v) is 29.2. The van der Waals surface area contributed by atoms with E-state index >= 15 is 0 Å². The third-order valence-corrected chi connectivity index (χ3v) is 18.8. The first kappa shape index (κ1) is 47.3. The maximum absolute atomic E-state index is 7.52. The van der Waals surface area contributed by atoms with E-state index in [2.05, 4.69) is 258 Å². The van der Waals surface area contributed by atoms with Gasteiger partial charge in [-0.1, -0.05) is 175 Å². The van der Waals surface area contributed by atoms with Crippen molar-refractivity contribution in [1.82, 2.24) is 0 Å². The summed E-state index contributed by atoms with van der Waals surface area (Å²) in [7, 11) is 0. The van der Waals surface area contributed by atoms with Crippen molar-refractivity contribution in [3.05, 3.63) is 262 Å². The number of furan rings is 1. The van der Waals surface area contributed by atoms with Crippen LogP contribution in [0.1, 0.15) is 110 Å². The number of para-hydroxylation sites is 1. The van der Waals surface area contributed by atoms with Crippen LogP contribution in [0, 0.1) is 0 Å². The fourth-order valence-corrected chi connectivity index (χ4v) is 14.9. The van der Waals surface area contributed by atoms with Gasteiger partial charge < -0.3 is 14.2 Å². The van der Waals surface area contributed by atoms with E-state index in [1.165, 1.54) is 118 Å². The second kappa shape index (κ2) is 17.2. The van der Waals surface area contributed by atoms with Gasteiger partial charge in [0.05, 0.1) is 16.5 Å². The third-order valence-electron chi connectivity index (χ3n) is 18.8. The van der Waals surface area contributed by atoms with Crippen LogP contribution in [-0.2, 0) is 41.9 Å². The Labute approximate surface area is 469 Å². The topological polar surface area (TPSA) is 19.6 Å². The number of fused-ring (bicyclic) bond motifs is 20. The summed E-state index contributed by atoms with van der Waals surface area (Å²) in [6.07, 6.45) is 6.86. The van der Waals surface area contributed by atoms with Crippen LogP contribution in [0.4, 0.5) is 34.1 Å². The summed E-state index contributed by atoms with van der Waals surface area (Å²) in [5.41, 5.74) is 26.5. The molecular weight excluding hydrogens is 969 g/mol. The fourth-order valence-electron chi connectivity index (χ4n) is 14.9. The molecule has 4 aliphatic rings. The van der Waals surface area contributed by atoms with Crippen LogP contribution in [0.5, 0.6) is 0 Å². The van der Waals surface area contributed by atoms with Crippen LogP contribution in [-0.4, -0.2) is 0 Å². The van der Waals surface area contributed by atoms with Gasteiger partial charge in [-0.2, -0.15) is 0 Å². The zero-order valence-electron chi connectivity index (χ0n) is 46.7. The molecule has 1 heterocycles. The highest BCUT2D eigenvalue weighted by molar-refractivity contribution is 6.22. The van der Waals surface area contributed by atoms with E-state index < -0.39 is 5.41 Å². The van der Waals surface area contributed by atoms with E-state index in [9.17, 15) is 0 Å². The van der Waals surface area contributed by atoms with Gasteiger partial charge in [0.15, 0.2) is 0 Å². The predicted molar refractivity (Wildman–Crippen MR) is 336 cm³/mol. The van der Waals surface area contributed by atoms with E-state index in [0.717, 1.165) is 75.9 Å². The van der Waals surface area contributed by atoms with Crippen molar-refractivity contribution in [1.29, 1.82) is 0 Å². The molecule has 11 aromatic carbocycles. The molecule has 80 heavy (non-hydrogen) atoms. The highest BCUT2D eigenvalue weighted by atomic mass is 16.3. The molecule has 3 heteroatoms. The lowest BCUT2D eigenvalue weighted by Gasteiger charge is -2.34. The van der Waals surface area contributed by atoms with Gasteiger partial charge in [-0.15, -0.1) is 0 Å². The highest BCUT2D eigenvalue weighted by Gasteiger charge is 2.54. The quantitative estimate of drug-likeness (QED) is 0.155. The first-order valence-electron chi connectivity index (χ1n) is 29.2. The molecule has 0 aliphatic heterocycles. The smallest absolute Gasteiger partial charge is 0.145 e. The molecular formula is C77H64N2O. The molecule has 1 aromatic heterocycles. The average Bonchev–Trinajstić information content (AvgIpc) is 2.36. The molecule has 388 valence electrons. The number of benzene rings is 11. The second-order valence-corrected chi connectivity index (χ2v) is 25.4. The Morgan fingerprint density at radius 2 is 0.912 bits per heavy atom. The fraction of sp³-hybridized carbons (Fsp3) is 0.195. The maximum Gasteiger partial charge on any atom is 0.145 e. The van der Waals surface area contributed by atoms with Crippen LogP contribution < -0.4 is 9.80 Å². The summed E-state index contributed by atoms with van der Waals surface area (Å²) in [6, 6.07) is 79.8. The molecule has 0 radical (unpaired) electrons. The minimum absolute atomic E-state index is 0.000283. The van der Waals surface area contributed by atoms with Gasteiger partial charge in [-0.25, -0.2) is 0 Å². The largest absolute Gasteiger partial charge is 0.455 e. The summed E-state index contributed by atoms with van der Waals surface area (Å²) in [5, 5.41) is 7.32. The van der Waals surface area contributed by atoms with Crippen molar-refractivity contribution in [2.75, 3.05) is 9.80 Å². The monoisotopic (exact) mass is 1030 g/mol. The molecule has 16 rings (SSSR count). The Morgan fingerprint density at radius 3 is 1.61 bits per heavy atom. The Hall–Kier alpha value is -8.66. The van der Waals surface area contributed by atoms with Crippen LogP contribution in [0.25, 0.3) is 65.7 Å². The lowest BCUT2D eigenvalue weighted by molar-refractivity contribution is 0.590. The van der Waals surface area contributed by atoms with Crippen molar-refractivity contribution in [2.24, 2.45) is 0 Å². The number of hydrogen-bond donors (Lipinski definition) is 0. The van der Waals surface area contributed by atoms with Crippen molar-refractivity contribution in [3.8, 4) is 22.3 Å². The second-order valence-electron chi connectivity index (χ2n) is 25.4. The van der Waals surface area contributed by atoms with Crippen molar-refractivity contribution >= 4 is 77.6 Å². The van der Waals surface area contributed by atoms with Gasteiger partial charge in [0, 0.05) is 39.4 Å². The Morgan fingerprint density at radius 1 is 0.375 bits per heavy atom. The van der Waals surface area contributed by atoms with Crippen LogP contribution in [0.3, 0.4) is 0 Å². The molecule has 3 nitrogen and oxygen atoms in total. The summed E-state index contributed by atoms with van der Waals surface area (Å²) in [5.74, 6) is 0. The van der Waals surface area contributed by atoms with Gasteiger partial charge in [0.2, 0.25) is 0 Å². The molecule has 0 amide bonds. The number of anilines is 6. The summed E-state index contributed by atoms with van der Waals surface area (Å²) >= 11 is 0. The van der Waals surface area contributed by atoms with E-state index in [0.29, 0.717) is 0 Å². The molecule has 0 saturated carbocycles. The van der Waals surface area contributed by atoms with E-state index in [4.69, 9.17) is 4.42 Å². The Bertz CT molecular complexity index is 4560. The van der Waals surface area contributed by atoms with Gasteiger partial charge in [-0.05, 0) is 216 Å². The predicted octanol–water partition coefficient (Wildman–Crippen LogP) is 20.7. The molecule has 1 spiro atoms. The standard InChI is InChI=1S/C77H64N2O/c1-75(2,3)53-30-36-55(37-31-53)78(57-34-27-47-16-13-18-51(47)43-57)59-40-41-62-66(45-59)77(64-23-11-9-21-61(64)71-65(77)42-29-50-26-25-49-15-7-8-20-60(49)70(50)71)67-46-68(73-63-22-10-12-24-69(63)80-74(73)72(62)67)79(56-38-32-54(33-39-56)76(4,5)6)58-35-28-48-17-14-19-52(48)44-58/h7-12,15,20-46H,13-14,16-19H2,1-6H3. The van der Waals surface area contributed by atoms with Crippen LogP contribution in [0.15, 0.2) is 211 Å². The van der Waals surface area contributed by atoms with E-state index in [1.807, 2.05) is 0 Å². The SMILES string of the molecule is CC(C)(C)c1ccc(N(c2ccc3c(c2)CCC3)c2ccc3c(c2)C2(c4ccccc4-c4c2ccc2ccc5ccccc5c42)c2cc(N(c4ccc(C(C)(C)C)cc4)c4ccc5c(c4)CCC5)c4c(oc5ccccc54)c2-3)cc1. The van der Waals surface area contributed by atoms with E-state index in [1.54, 1.807) is 0 Å².